The zero-order valence-electron chi connectivity index (χ0n) is 10.1. The van der Waals surface area contributed by atoms with Crippen molar-refractivity contribution < 1.29 is 0 Å². The highest BCUT2D eigenvalue weighted by Gasteiger charge is 2.07. The third-order valence-electron chi connectivity index (χ3n) is 2.76. The van der Waals surface area contributed by atoms with Crippen molar-refractivity contribution >= 4 is 11.8 Å². The zero-order chi connectivity index (χ0) is 11.3. The van der Waals surface area contributed by atoms with Gasteiger partial charge in [0, 0.05) is 17.0 Å². The van der Waals surface area contributed by atoms with Gasteiger partial charge in [0.15, 0.2) is 0 Å². The number of hydrogen-bond acceptors (Lipinski definition) is 2. The molecule has 0 unspecified atom stereocenters. The van der Waals surface area contributed by atoms with E-state index in [9.17, 15) is 0 Å². The van der Waals surface area contributed by atoms with Crippen LogP contribution in [0.15, 0.2) is 29.2 Å². The number of nitrogens with one attached hydrogen (secondary N) is 1. The van der Waals surface area contributed by atoms with Crippen LogP contribution in [0.25, 0.3) is 0 Å². The van der Waals surface area contributed by atoms with Gasteiger partial charge in [0.05, 0.1) is 0 Å². The summed E-state index contributed by atoms with van der Waals surface area (Å²) in [6.07, 6.45) is 3.28. The summed E-state index contributed by atoms with van der Waals surface area (Å²) in [7, 11) is 0. The van der Waals surface area contributed by atoms with E-state index in [0.717, 1.165) is 0 Å². The summed E-state index contributed by atoms with van der Waals surface area (Å²) < 4.78 is 0. The Hall–Kier alpha value is -0.470. The summed E-state index contributed by atoms with van der Waals surface area (Å²) >= 11 is 1.79. The predicted octanol–water partition coefficient (Wildman–Crippen LogP) is 3.86. The van der Waals surface area contributed by atoms with Gasteiger partial charge in [0.1, 0.15) is 0 Å². The average molecular weight is 223 g/mol. The van der Waals surface area contributed by atoms with Crippen molar-refractivity contribution in [2.45, 2.75) is 44.2 Å². The van der Waals surface area contributed by atoms with Gasteiger partial charge in [-0.25, -0.2) is 0 Å². The van der Waals surface area contributed by atoms with Gasteiger partial charge in [-0.05, 0) is 44.2 Å². The minimum absolute atomic E-state index is 0.441. The second-order valence-corrected chi connectivity index (χ2v) is 4.85. The standard InChI is InChI=1S/C13H21NS/c1-5-10(2)14-11(3)12-6-8-13(15-4)9-7-12/h6-11,14H,5H2,1-4H3/t10-,11-/m1/s1. The quantitative estimate of drug-likeness (QED) is 0.761. The molecule has 0 heterocycles. The molecule has 1 rings (SSSR count). The van der Waals surface area contributed by atoms with Crippen LogP contribution in [-0.2, 0) is 0 Å². The molecular formula is C13H21NS. The lowest BCUT2D eigenvalue weighted by molar-refractivity contribution is 0.469. The number of rotatable bonds is 5. The molecular weight excluding hydrogens is 202 g/mol. The Morgan fingerprint density at radius 1 is 1.20 bits per heavy atom. The minimum Gasteiger partial charge on any atom is -0.308 e. The number of benzene rings is 1. The van der Waals surface area contributed by atoms with Crippen molar-refractivity contribution in [1.82, 2.24) is 5.32 Å². The van der Waals surface area contributed by atoms with Gasteiger partial charge in [0.2, 0.25) is 0 Å². The summed E-state index contributed by atoms with van der Waals surface area (Å²) in [6, 6.07) is 9.83. The van der Waals surface area contributed by atoms with Crippen molar-refractivity contribution in [3.63, 3.8) is 0 Å². The fourth-order valence-corrected chi connectivity index (χ4v) is 1.94. The molecule has 0 aliphatic carbocycles. The molecule has 1 aromatic rings. The third kappa shape index (κ3) is 3.88. The van der Waals surface area contributed by atoms with Crippen LogP contribution in [0.1, 0.15) is 38.8 Å². The molecule has 0 saturated heterocycles. The first-order valence-corrected chi connectivity index (χ1v) is 6.79. The Bertz CT molecular complexity index is 281. The average Bonchev–Trinajstić information content (AvgIpc) is 2.29. The second-order valence-electron chi connectivity index (χ2n) is 3.97. The molecule has 1 nitrogen and oxygen atoms in total. The van der Waals surface area contributed by atoms with Gasteiger partial charge in [0.25, 0.3) is 0 Å². The molecule has 0 spiro atoms. The van der Waals surface area contributed by atoms with Crippen molar-refractivity contribution in [3.8, 4) is 0 Å². The molecule has 0 bridgehead atoms. The first kappa shape index (κ1) is 12.6. The van der Waals surface area contributed by atoms with Crippen LogP contribution in [0.4, 0.5) is 0 Å². The van der Waals surface area contributed by atoms with E-state index >= 15 is 0 Å². The fraction of sp³-hybridized carbons (Fsp3) is 0.538. The second kappa shape index (κ2) is 6.19. The third-order valence-corrected chi connectivity index (χ3v) is 3.51. The smallest absolute Gasteiger partial charge is 0.0294 e. The summed E-state index contributed by atoms with van der Waals surface area (Å²) in [6.45, 7) is 6.66. The SMILES string of the molecule is CC[C@@H](C)N[C@H](C)c1ccc(SC)cc1. The first-order chi connectivity index (χ1) is 7.17. The Morgan fingerprint density at radius 3 is 2.27 bits per heavy atom. The highest BCUT2D eigenvalue weighted by molar-refractivity contribution is 7.98. The maximum Gasteiger partial charge on any atom is 0.0294 e. The van der Waals surface area contributed by atoms with Crippen molar-refractivity contribution in [1.29, 1.82) is 0 Å². The van der Waals surface area contributed by atoms with Gasteiger partial charge in [-0.2, -0.15) is 0 Å². The van der Waals surface area contributed by atoms with Crippen LogP contribution in [0.3, 0.4) is 0 Å². The van der Waals surface area contributed by atoms with Crippen molar-refractivity contribution in [2.75, 3.05) is 6.26 Å². The highest BCUT2D eigenvalue weighted by Crippen LogP contribution is 2.19. The largest absolute Gasteiger partial charge is 0.308 e. The summed E-state index contributed by atoms with van der Waals surface area (Å²) in [5.41, 5.74) is 1.37. The van der Waals surface area contributed by atoms with Crippen LogP contribution in [-0.4, -0.2) is 12.3 Å². The molecule has 0 fully saturated rings. The Morgan fingerprint density at radius 2 is 1.80 bits per heavy atom. The Kier molecular flexibility index (Phi) is 5.20. The van der Waals surface area contributed by atoms with Crippen LogP contribution in [0, 0.1) is 0 Å². The van der Waals surface area contributed by atoms with Crippen LogP contribution < -0.4 is 5.32 Å². The lowest BCUT2D eigenvalue weighted by Crippen LogP contribution is -2.28. The van der Waals surface area contributed by atoms with Crippen LogP contribution in [0.5, 0.6) is 0 Å². The molecule has 15 heavy (non-hydrogen) atoms. The molecule has 0 amide bonds. The van der Waals surface area contributed by atoms with E-state index in [2.05, 4.69) is 56.6 Å². The topological polar surface area (TPSA) is 12.0 Å². The lowest BCUT2D eigenvalue weighted by Gasteiger charge is -2.19. The van der Waals surface area contributed by atoms with Gasteiger partial charge < -0.3 is 5.32 Å². The molecule has 1 N–H and O–H groups in total. The predicted molar refractivity (Wildman–Crippen MR) is 69.5 cm³/mol. The number of thioether (sulfide) groups is 1. The number of hydrogen-bond donors (Lipinski definition) is 1. The lowest BCUT2D eigenvalue weighted by atomic mass is 10.1. The van der Waals surface area contributed by atoms with Crippen LogP contribution in [0.2, 0.25) is 0 Å². The van der Waals surface area contributed by atoms with Gasteiger partial charge in [-0.3, -0.25) is 0 Å². The molecule has 0 aromatic heterocycles. The van der Waals surface area contributed by atoms with E-state index in [1.807, 2.05) is 0 Å². The molecule has 0 aliphatic rings. The maximum atomic E-state index is 3.58. The van der Waals surface area contributed by atoms with Gasteiger partial charge in [-0.1, -0.05) is 19.1 Å². The van der Waals surface area contributed by atoms with E-state index in [0.29, 0.717) is 12.1 Å². The van der Waals surface area contributed by atoms with Crippen LogP contribution >= 0.6 is 11.8 Å². The Balaban J connectivity index is 2.61. The van der Waals surface area contributed by atoms with E-state index in [-0.39, 0.29) is 0 Å². The Labute approximate surface area is 97.7 Å². The van der Waals surface area contributed by atoms with E-state index in [1.54, 1.807) is 11.8 Å². The minimum atomic E-state index is 0.441. The first-order valence-electron chi connectivity index (χ1n) is 5.57. The van der Waals surface area contributed by atoms with E-state index in [1.165, 1.54) is 16.9 Å². The van der Waals surface area contributed by atoms with E-state index in [4.69, 9.17) is 0 Å². The summed E-state index contributed by atoms with van der Waals surface area (Å²) in [5, 5.41) is 3.58. The van der Waals surface area contributed by atoms with E-state index < -0.39 is 0 Å². The highest BCUT2D eigenvalue weighted by atomic mass is 32.2. The summed E-state index contributed by atoms with van der Waals surface area (Å²) in [5.74, 6) is 0. The molecule has 2 heteroatoms. The maximum absolute atomic E-state index is 3.58. The molecule has 0 aliphatic heterocycles. The van der Waals surface area contributed by atoms with Gasteiger partial charge >= 0.3 is 0 Å². The van der Waals surface area contributed by atoms with Crippen molar-refractivity contribution in [3.05, 3.63) is 29.8 Å². The van der Waals surface area contributed by atoms with Crippen molar-refractivity contribution in [2.24, 2.45) is 0 Å². The monoisotopic (exact) mass is 223 g/mol. The zero-order valence-corrected chi connectivity index (χ0v) is 10.9. The molecule has 1 aromatic carbocycles. The molecule has 2 atom stereocenters. The molecule has 0 saturated carbocycles. The molecule has 0 radical (unpaired) electrons. The summed E-state index contributed by atoms with van der Waals surface area (Å²) in [4.78, 5) is 1.33. The normalized spacial score (nSPS) is 14.9. The fourth-order valence-electron chi connectivity index (χ4n) is 1.53. The molecule has 84 valence electrons. The van der Waals surface area contributed by atoms with Gasteiger partial charge in [-0.15, -0.1) is 11.8 Å².